The van der Waals surface area contributed by atoms with Crippen LogP contribution in [0.5, 0.6) is 0 Å². The van der Waals surface area contributed by atoms with E-state index in [-0.39, 0.29) is 6.54 Å². The minimum atomic E-state index is -1.48. The molecule has 2 amide bonds. The zero-order chi connectivity index (χ0) is 16.8. The summed E-state index contributed by atoms with van der Waals surface area (Å²) in [7, 11) is 0. The van der Waals surface area contributed by atoms with Gasteiger partial charge in [0.05, 0.1) is 5.56 Å². The Morgan fingerprint density at radius 3 is 2.74 bits per heavy atom. The molecule has 1 unspecified atom stereocenters. The van der Waals surface area contributed by atoms with Gasteiger partial charge in [-0.15, -0.1) is 11.3 Å². The highest BCUT2D eigenvalue weighted by atomic mass is 32.1. The molecule has 2 aromatic rings. The number of hydrogen-bond acceptors (Lipinski definition) is 4. The van der Waals surface area contributed by atoms with E-state index in [2.05, 4.69) is 15.6 Å². The van der Waals surface area contributed by atoms with Gasteiger partial charge in [0.15, 0.2) is 5.13 Å². The second-order valence-corrected chi connectivity index (χ2v) is 5.98. The molecular formula is C15H17F2N3O2S. The molecule has 3 N–H and O–H groups in total. The second kappa shape index (κ2) is 7.98. The number of benzene rings is 1. The van der Waals surface area contributed by atoms with Crippen LogP contribution in [0, 0.1) is 11.6 Å². The van der Waals surface area contributed by atoms with Gasteiger partial charge in [0, 0.05) is 17.6 Å². The van der Waals surface area contributed by atoms with Crippen LogP contribution in [0.2, 0.25) is 0 Å². The van der Waals surface area contributed by atoms with E-state index >= 15 is 0 Å². The summed E-state index contributed by atoms with van der Waals surface area (Å²) in [5, 5.41) is 15.1. The lowest BCUT2D eigenvalue weighted by atomic mass is 10.1. The first-order valence-electron chi connectivity index (χ1n) is 7.12. The quantitative estimate of drug-likeness (QED) is 0.755. The van der Waals surface area contributed by atoms with E-state index in [4.69, 9.17) is 0 Å². The van der Waals surface area contributed by atoms with E-state index in [1.54, 1.807) is 6.20 Å². The molecule has 0 aliphatic carbocycles. The summed E-state index contributed by atoms with van der Waals surface area (Å²) in [6, 6.07) is 2.70. The van der Waals surface area contributed by atoms with Gasteiger partial charge in [-0.1, -0.05) is 19.4 Å². The van der Waals surface area contributed by atoms with Gasteiger partial charge < -0.3 is 10.4 Å². The minimum absolute atomic E-state index is 0.323. The lowest BCUT2D eigenvalue weighted by molar-refractivity contribution is 0.166. The third kappa shape index (κ3) is 4.70. The average molecular weight is 341 g/mol. The Morgan fingerprint density at radius 1 is 1.39 bits per heavy atom. The van der Waals surface area contributed by atoms with Gasteiger partial charge in [-0.3, -0.25) is 5.32 Å². The molecule has 2 rings (SSSR count). The van der Waals surface area contributed by atoms with E-state index in [1.807, 2.05) is 6.92 Å². The van der Waals surface area contributed by atoms with E-state index < -0.39 is 29.3 Å². The number of carbonyl (C=O) groups is 1. The highest BCUT2D eigenvalue weighted by molar-refractivity contribution is 7.15. The number of rotatable bonds is 6. The van der Waals surface area contributed by atoms with E-state index in [9.17, 15) is 18.7 Å². The SMILES string of the molecule is CCCc1cnc(NC(=O)NCC(O)c2c(F)cccc2F)s1. The standard InChI is InChI=1S/C15H17F2N3O2S/c1-2-4-9-7-19-15(23-9)20-14(22)18-8-12(21)13-10(16)5-3-6-11(13)17/h3,5-7,12,21H,2,4,8H2,1H3,(H2,18,19,20,22). The lowest BCUT2D eigenvalue weighted by Gasteiger charge is -2.13. The first-order valence-corrected chi connectivity index (χ1v) is 7.94. The lowest BCUT2D eigenvalue weighted by Crippen LogP contribution is -2.32. The molecule has 124 valence electrons. The maximum atomic E-state index is 13.5. The highest BCUT2D eigenvalue weighted by Crippen LogP contribution is 2.21. The molecular weight excluding hydrogens is 324 g/mol. The van der Waals surface area contributed by atoms with Crippen molar-refractivity contribution >= 4 is 22.5 Å². The van der Waals surface area contributed by atoms with Crippen LogP contribution < -0.4 is 10.6 Å². The predicted molar refractivity (Wildman–Crippen MR) is 84.4 cm³/mol. The van der Waals surface area contributed by atoms with Crippen LogP contribution >= 0.6 is 11.3 Å². The maximum absolute atomic E-state index is 13.5. The molecule has 0 aliphatic rings. The van der Waals surface area contributed by atoms with Crippen LogP contribution in [0.3, 0.4) is 0 Å². The Morgan fingerprint density at radius 2 is 2.09 bits per heavy atom. The maximum Gasteiger partial charge on any atom is 0.321 e. The van der Waals surface area contributed by atoms with Crippen molar-refractivity contribution in [3.05, 3.63) is 46.5 Å². The number of aryl methyl sites for hydroxylation is 1. The van der Waals surface area contributed by atoms with Gasteiger partial charge in [0.1, 0.15) is 17.7 Å². The molecule has 0 radical (unpaired) electrons. The first kappa shape index (κ1) is 17.3. The minimum Gasteiger partial charge on any atom is -0.386 e. The number of nitrogens with one attached hydrogen (secondary N) is 2. The predicted octanol–water partition coefficient (Wildman–Crippen LogP) is 3.23. The van der Waals surface area contributed by atoms with Crippen molar-refractivity contribution in [3.8, 4) is 0 Å². The Labute approximate surface area is 136 Å². The van der Waals surface area contributed by atoms with Gasteiger partial charge in [-0.2, -0.15) is 0 Å². The Hall–Kier alpha value is -2.06. The van der Waals surface area contributed by atoms with E-state index in [1.165, 1.54) is 17.4 Å². The van der Waals surface area contributed by atoms with E-state index in [0.717, 1.165) is 29.9 Å². The fourth-order valence-corrected chi connectivity index (χ4v) is 2.90. The highest BCUT2D eigenvalue weighted by Gasteiger charge is 2.18. The molecule has 1 aromatic carbocycles. The average Bonchev–Trinajstić information content (AvgIpc) is 2.92. The number of urea groups is 1. The fourth-order valence-electron chi connectivity index (χ4n) is 1.99. The van der Waals surface area contributed by atoms with Crippen molar-refractivity contribution in [1.82, 2.24) is 10.3 Å². The Kier molecular flexibility index (Phi) is 6.00. The van der Waals surface area contributed by atoms with Crippen LogP contribution in [-0.4, -0.2) is 22.7 Å². The number of thiazole rings is 1. The molecule has 5 nitrogen and oxygen atoms in total. The second-order valence-electron chi connectivity index (χ2n) is 4.87. The first-order chi connectivity index (χ1) is 11.0. The molecule has 0 spiro atoms. The third-order valence-corrected chi connectivity index (χ3v) is 4.03. The van der Waals surface area contributed by atoms with Gasteiger partial charge in [-0.25, -0.2) is 18.6 Å². The van der Waals surface area contributed by atoms with Crippen LogP contribution in [-0.2, 0) is 6.42 Å². The summed E-state index contributed by atoms with van der Waals surface area (Å²) in [4.78, 5) is 16.8. The summed E-state index contributed by atoms with van der Waals surface area (Å²) in [5.74, 6) is -1.72. The van der Waals surface area contributed by atoms with Gasteiger partial charge in [0.2, 0.25) is 0 Å². The van der Waals surface area contributed by atoms with Gasteiger partial charge >= 0.3 is 6.03 Å². The zero-order valence-electron chi connectivity index (χ0n) is 12.5. The van der Waals surface area contributed by atoms with Crippen molar-refractivity contribution in [2.24, 2.45) is 0 Å². The molecule has 1 heterocycles. The molecule has 0 saturated carbocycles. The summed E-state index contributed by atoms with van der Waals surface area (Å²) < 4.78 is 27.0. The molecule has 8 heteroatoms. The summed E-state index contributed by atoms with van der Waals surface area (Å²) in [6.45, 7) is 1.72. The normalized spacial score (nSPS) is 12.0. The fraction of sp³-hybridized carbons (Fsp3) is 0.333. The topological polar surface area (TPSA) is 74.2 Å². The molecule has 23 heavy (non-hydrogen) atoms. The number of anilines is 1. The number of halogens is 2. The van der Waals surface area contributed by atoms with Crippen molar-refractivity contribution in [1.29, 1.82) is 0 Å². The van der Waals surface area contributed by atoms with Crippen molar-refractivity contribution in [2.75, 3.05) is 11.9 Å². The van der Waals surface area contributed by atoms with Crippen molar-refractivity contribution in [2.45, 2.75) is 25.9 Å². The largest absolute Gasteiger partial charge is 0.386 e. The van der Waals surface area contributed by atoms with Crippen LogP contribution in [0.1, 0.15) is 29.9 Å². The Bertz CT molecular complexity index is 658. The van der Waals surface area contributed by atoms with Crippen LogP contribution in [0.25, 0.3) is 0 Å². The zero-order valence-corrected chi connectivity index (χ0v) is 13.3. The molecule has 0 saturated heterocycles. The van der Waals surface area contributed by atoms with Crippen LogP contribution in [0.4, 0.5) is 18.7 Å². The van der Waals surface area contributed by atoms with Crippen LogP contribution in [0.15, 0.2) is 24.4 Å². The number of aliphatic hydroxyl groups excluding tert-OH is 1. The number of hydrogen-bond donors (Lipinski definition) is 3. The van der Waals surface area contributed by atoms with Crippen molar-refractivity contribution < 1.29 is 18.7 Å². The molecule has 1 atom stereocenters. The Balaban J connectivity index is 1.88. The number of nitrogens with zero attached hydrogens (tertiary/aromatic N) is 1. The van der Waals surface area contributed by atoms with E-state index in [0.29, 0.717) is 5.13 Å². The third-order valence-electron chi connectivity index (χ3n) is 3.06. The molecule has 0 bridgehead atoms. The number of aromatic nitrogens is 1. The van der Waals surface area contributed by atoms with Crippen molar-refractivity contribution in [3.63, 3.8) is 0 Å². The molecule has 0 fully saturated rings. The summed E-state index contributed by atoms with van der Waals surface area (Å²) >= 11 is 1.36. The number of amides is 2. The number of carbonyl (C=O) groups excluding carboxylic acids is 1. The number of aliphatic hydroxyl groups is 1. The molecule has 0 aliphatic heterocycles. The van der Waals surface area contributed by atoms with Gasteiger partial charge in [-0.05, 0) is 18.6 Å². The van der Waals surface area contributed by atoms with Gasteiger partial charge in [0.25, 0.3) is 0 Å². The summed E-state index contributed by atoms with van der Waals surface area (Å²) in [6.07, 6.45) is 2.07. The summed E-state index contributed by atoms with van der Waals surface area (Å²) in [5.41, 5.74) is -0.465. The monoisotopic (exact) mass is 341 g/mol. The molecule has 1 aromatic heterocycles. The smallest absolute Gasteiger partial charge is 0.321 e.